The molecule has 1 heterocycles. The summed E-state index contributed by atoms with van der Waals surface area (Å²) in [7, 11) is 1.90. The highest BCUT2D eigenvalue weighted by molar-refractivity contribution is 6.30. The van der Waals surface area contributed by atoms with Crippen molar-refractivity contribution in [2.24, 2.45) is 7.05 Å². The van der Waals surface area contributed by atoms with E-state index in [1.165, 1.54) is 6.07 Å². The van der Waals surface area contributed by atoms with Crippen LogP contribution in [0.5, 0.6) is 0 Å². The Hall–Kier alpha value is -1.39. The van der Waals surface area contributed by atoms with E-state index in [4.69, 9.17) is 11.6 Å². The molecule has 1 unspecified atom stereocenters. The van der Waals surface area contributed by atoms with Crippen molar-refractivity contribution < 1.29 is 4.39 Å². The summed E-state index contributed by atoms with van der Waals surface area (Å²) in [6.45, 7) is 4.86. The number of likely N-dealkylation sites (N-methyl/N-ethyl adjacent to an activating group) is 1. The third kappa shape index (κ3) is 3.19. The summed E-state index contributed by atoms with van der Waals surface area (Å²) >= 11 is 5.96. The molecule has 1 atom stereocenters. The molecule has 5 heteroatoms. The van der Waals surface area contributed by atoms with E-state index in [0.717, 1.165) is 17.8 Å². The first-order valence-corrected chi connectivity index (χ1v) is 7.06. The fourth-order valence-electron chi connectivity index (χ4n) is 2.32. The maximum absolute atomic E-state index is 13.9. The SMILES string of the molecule is CCNC(Cc1cc(Cl)ccc1F)c1cnn(C)c1C. The van der Waals surface area contributed by atoms with Crippen LogP contribution in [0.15, 0.2) is 24.4 Å². The van der Waals surface area contributed by atoms with Gasteiger partial charge in [-0.15, -0.1) is 0 Å². The number of rotatable bonds is 5. The molecule has 0 bridgehead atoms. The summed E-state index contributed by atoms with van der Waals surface area (Å²) in [6.07, 6.45) is 2.39. The summed E-state index contributed by atoms with van der Waals surface area (Å²) in [5, 5.41) is 8.20. The van der Waals surface area contributed by atoms with Gasteiger partial charge in [-0.25, -0.2) is 4.39 Å². The van der Waals surface area contributed by atoms with Crippen molar-refractivity contribution in [3.63, 3.8) is 0 Å². The van der Waals surface area contributed by atoms with Crippen molar-refractivity contribution in [2.45, 2.75) is 26.3 Å². The van der Waals surface area contributed by atoms with Gasteiger partial charge in [-0.2, -0.15) is 5.10 Å². The van der Waals surface area contributed by atoms with Gasteiger partial charge < -0.3 is 5.32 Å². The van der Waals surface area contributed by atoms with E-state index in [1.807, 2.05) is 31.8 Å². The second-order valence-electron chi connectivity index (χ2n) is 4.86. The Morgan fingerprint density at radius 3 is 2.80 bits per heavy atom. The normalized spacial score (nSPS) is 12.7. The van der Waals surface area contributed by atoms with Crippen LogP contribution in [0.2, 0.25) is 5.02 Å². The number of nitrogens with zero attached hydrogens (tertiary/aromatic N) is 2. The first-order valence-electron chi connectivity index (χ1n) is 6.68. The highest BCUT2D eigenvalue weighted by Crippen LogP contribution is 2.24. The summed E-state index contributed by atoms with van der Waals surface area (Å²) in [4.78, 5) is 0. The Morgan fingerprint density at radius 2 is 2.20 bits per heavy atom. The molecule has 0 spiro atoms. The molecule has 0 saturated carbocycles. The van der Waals surface area contributed by atoms with Crippen molar-refractivity contribution in [3.05, 3.63) is 52.1 Å². The van der Waals surface area contributed by atoms with E-state index in [-0.39, 0.29) is 11.9 Å². The Kier molecular flexibility index (Phi) is 4.78. The van der Waals surface area contributed by atoms with Crippen molar-refractivity contribution in [3.8, 4) is 0 Å². The molecule has 0 radical (unpaired) electrons. The smallest absolute Gasteiger partial charge is 0.126 e. The fraction of sp³-hybridized carbons (Fsp3) is 0.400. The fourth-order valence-corrected chi connectivity index (χ4v) is 2.51. The minimum absolute atomic E-state index is 0.0293. The van der Waals surface area contributed by atoms with Gasteiger partial charge in [0, 0.05) is 29.4 Å². The number of benzene rings is 1. The lowest BCUT2D eigenvalue weighted by Gasteiger charge is -2.18. The Bertz CT molecular complexity index is 595. The molecule has 1 N–H and O–H groups in total. The quantitative estimate of drug-likeness (QED) is 0.916. The molecule has 3 nitrogen and oxygen atoms in total. The van der Waals surface area contributed by atoms with E-state index in [9.17, 15) is 4.39 Å². The molecule has 2 aromatic rings. The molecule has 0 aliphatic rings. The minimum Gasteiger partial charge on any atom is -0.310 e. The van der Waals surface area contributed by atoms with Crippen LogP contribution in [-0.4, -0.2) is 16.3 Å². The Morgan fingerprint density at radius 1 is 1.45 bits per heavy atom. The van der Waals surface area contributed by atoms with E-state index in [2.05, 4.69) is 10.4 Å². The standard InChI is InChI=1S/C15H19ClFN3/c1-4-18-15(13-9-19-20(3)10(13)2)8-11-7-12(16)5-6-14(11)17/h5-7,9,15,18H,4,8H2,1-3H3. The minimum atomic E-state index is -0.223. The third-order valence-electron chi connectivity index (χ3n) is 3.53. The molecule has 20 heavy (non-hydrogen) atoms. The number of hydrogen-bond donors (Lipinski definition) is 1. The summed E-state index contributed by atoms with van der Waals surface area (Å²) in [6, 6.07) is 4.70. The molecule has 0 fully saturated rings. The lowest BCUT2D eigenvalue weighted by molar-refractivity contribution is 0.525. The molecule has 1 aromatic carbocycles. The number of aromatic nitrogens is 2. The van der Waals surface area contributed by atoms with Crippen molar-refractivity contribution in [2.75, 3.05) is 6.54 Å². The maximum Gasteiger partial charge on any atom is 0.126 e. The number of nitrogens with one attached hydrogen (secondary N) is 1. The molecule has 0 saturated heterocycles. The lowest BCUT2D eigenvalue weighted by Crippen LogP contribution is -2.23. The van der Waals surface area contributed by atoms with Crippen LogP contribution in [0.1, 0.15) is 29.8 Å². The molecular weight excluding hydrogens is 277 g/mol. The molecule has 2 rings (SSSR count). The highest BCUT2D eigenvalue weighted by Gasteiger charge is 2.18. The summed E-state index contributed by atoms with van der Waals surface area (Å²) in [5.74, 6) is -0.223. The Balaban J connectivity index is 2.30. The van der Waals surface area contributed by atoms with E-state index < -0.39 is 0 Å². The summed E-state index contributed by atoms with van der Waals surface area (Å²) < 4.78 is 15.7. The third-order valence-corrected chi connectivity index (χ3v) is 3.77. The van der Waals surface area contributed by atoms with E-state index >= 15 is 0 Å². The van der Waals surface area contributed by atoms with Crippen molar-refractivity contribution in [1.29, 1.82) is 0 Å². The first-order chi connectivity index (χ1) is 9.52. The largest absolute Gasteiger partial charge is 0.310 e. The van der Waals surface area contributed by atoms with Crippen LogP contribution < -0.4 is 5.32 Å². The second kappa shape index (κ2) is 6.37. The van der Waals surface area contributed by atoms with Gasteiger partial charge in [0.1, 0.15) is 5.82 Å². The monoisotopic (exact) mass is 295 g/mol. The van der Waals surface area contributed by atoms with Crippen molar-refractivity contribution >= 4 is 11.6 Å². The van der Waals surface area contributed by atoms with Gasteiger partial charge in [-0.1, -0.05) is 18.5 Å². The Labute approximate surface area is 123 Å². The zero-order valence-electron chi connectivity index (χ0n) is 12.0. The molecule has 0 aliphatic carbocycles. The van der Waals surface area contributed by atoms with Gasteiger partial charge >= 0.3 is 0 Å². The van der Waals surface area contributed by atoms with Crippen LogP contribution in [0.4, 0.5) is 4.39 Å². The molecule has 0 aliphatic heterocycles. The van der Waals surface area contributed by atoms with Gasteiger partial charge in [0.05, 0.1) is 6.20 Å². The van der Waals surface area contributed by atoms with Crippen LogP contribution in [0.3, 0.4) is 0 Å². The predicted octanol–water partition coefficient (Wildman–Crippen LogP) is 3.41. The molecule has 1 aromatic heterocycles. The number of hydrogen-bond acceptors (Lipinski definition) is 2. The van der Waals surface area contributed by atoms with Crippen LogP contribution in [0, 0.1) is 12.7 Å². The number of halogens is 2. The van der Waals surface area contributed by atoms with E-state index in [1.54, 1.807) is 12.1 Å². The molecule has 0 amide bonds. The molecule has 108 valence electrons. The first kappa shape index (κ1) is 15.0. The van der Waals surface area contributed by atoms with Gasteiger partial charge in [-0.05, 0) is 43.7 Å². The predicted molar refractivity (Wildman–Crippen MR) is 79.5 cm³/mol. The van der Waals surface area contributed by atoms with Crippen molar-refractivity contribution in [1.82, 2.24) is 15.1 Å². The van der Waals surface area contributed by atoms with Crippen LogP contribution >= 0.6 is 11.6 Å². The second-order valence-corrected chi connectivity index (χ2v) is 5.30. The number of aryl methyl sites for hydroxylation is 1. The highest BCUT2D eigenvalue weighted by atomic mass is 35.5. The van der Waals surface area contributed by atoms with Gasteiger partial charge in [0.2, 0.25) is 0 Å². The molecular formula is C15H19ClFN3. The van der Waals surface area contributed by atoms with Gasteiger partial charge in [-0.3, -0.25) is 4.68 Å². The van der Waals surface area contributed by atoms with E-state index in [0.29, 0.717) is 17.0 Å². The average molecular weight is 296 g/mol. The summed E-state index contributed by atoms with van der Waals surface area (Å²) in [5.41, 5.74) is 2.79. The zero-order valence-corrected chi connectivity index (χ0v) is 12.7. The zero-order chi connectivity index (χ0) is 14.7. The van der Waals surface area contributed by atoms with Gasteiger partial charge in [0.15, 0.2) is 0 Å². The van der Waals surface area contributed by atoms with Crippen LogP contribution in [0.25, 0.3) is 0 Å². The lowest BCUT2D eigenvalue weighted by atomic mass is 9.99. The van der Waals surface area contributed by atoms with Gasteiger partial charge in [0.25, 0.3) is 0 Å². The van der Waals surface area contributed by atoms with Crippen LogP contribution in [-0.2, 0) is 13.5 Å². The average Bonchev–Trinajstić information content (AvgIpc) is 2.74. The topological polar surface area (TPSA) is 29.9 Å². The maximum atomic E-state index is 13.9.